The van der Waals surface area contributed by atoms with Gasteiger partial charge in [0.2, 0.25) is 10.0 Å². The minimum absolute atomic E-state index is 0.245. The molecule has 1 heterocycles. The highest BCUT2D eigenvalue weighted by Gasteiger charge is 2.18. The van der Waals surface area contributed by atoms with Crippen LogP contribution in [0.4, 0.5) is 5.69 Å². The fourth-order valence-corrected chi connectivity index (χ4v) is 3.22. The van der Waals surface area contributed by atoms with Crippen molar-refractivity contribution in [2.45, 2.75) is 4.90 Å². The lowest BCUT2D eigenvalue weighted by molar-refractivity contribution is 0.416. The normalized spacial score (nSPS) is 12.0. The summed E-state index contributed by atoms with van der Waals surface area (Å²) >= 11 is 0. The largest absolute Gasteiger partial charge is 0.373 e. The summed E-state index contributed by atoms with van der Waals surface area (Å²) in [5, 5.41) is 0. The second-order valence-electron chi connectivity index (χ2n) is 6.44. The molecule has 0 atom stereocenters. The molecule has 2 aromatic rings. The van der Waals surface area contributed by atoms with Crippen molar-refractivity contribution < 1.29 is 8.42 Å². The van der Waals surface area contributed by atoms with E-state index in [0.29, 0.717) is 5.69 Å². The lowest BCUT2D eigenvalue weighted by atomic mass is 10.1. The van der Waals surface area contributed by atoms with Crippen LogP contribution >= 0.6 is 0 Å². The van der Waals surface area contributed by atoms with Crippen LogP contribution in [0.1, 0.15) is 0 Å². The molecule has 0 fully saturated rings. The van der Waals surface area contributed by atoms with Gasteiger partial charge in [0.15, 0.2) is 0 Å². The van der Waals surface area contributed by atoms with Gasteiger partial charge in [-0.15, -0.1) is 0 Å². The molecule has 1 aromatic carbocycles. The van der Waals surface area contributed by atoms with Gasteiger partial charge in [0.1, 0.15) is 0 Å². The van der Waals surface area contributed by atoms with Crippen molar-refractivity contribution in [3.63, 3.8) is 0 Å². The van der Waals surface area contributed by atoms with Gasteiger partial charge >= 0.3 is 0 Å². The Hall–Kier alpha value is -1.96. The molecular weight excluding hydrogens is 336 g/mol. The fourth-order valence-electron chi connectivity index (χ4n) is 2.31. The lowest BCUT2D eigenvalue weighted by Gasteiger charge is -2.21. The molecule has 1 aromatic heterocycles. The van der Waals surface area contributed by atoms with E-state index >= 15 is 0 Å². The molecule has 0 aliphatic carbocycles. The van der Waals surface area contributed by atoms with Crippen LogP contribution in [-0.4, -0.2) is 70.9 Å². The molecule has 0 spiro atoms. The predicted octanol–water partition coefficient (Wildman–Crippen LogP) is 2.00. The number of aromatic nitrogens is 1. The number of hydrogen-bond acceptors (Lipinski definition) is 5. The Morgan fingerprint density at radius 1 is 0.920 bits per heavy atom. The molecule has 6 nitrogen and oxygen atoms in total. The van der Waals surface area contributed by atoms with Gasteiger partial charge in [0.05, 0.1) is 10.6 Å². The quantitative estimate of drug-likeness (QED) is 0.754. The number of pyridine rings is 1. The van der Waals surface area contributed by atoms with Crippen molar-refractivity contribution in [1.82, 2.24) is 14.2 Å². The number of sulfonamides is 1. The van der Waals surface area contributed by atoms with Crippen LogP contribution in [0, 0.1) is 0 Å². The average molecular weight is 362 g/mol. The Kier molecular flexibility index (Phi) is 6.16. The molecule has 136 valence electrons. The molecule has 7 heteroatoms. The third-order valence-electron chi connectivity index (χ3n) is 4.00. The summed E-state index contributed by atoms with van der Waals surface area (Å²) in [5.74, 6) is 0. The summed E-state index contributed by atoms with van der Waals surface area (Å²) in [6, 6.07) is 11.1. The molecule has 0 bridgehead atoms. The van der Waals surface area contributed by atoms with E-state index in [4.69, 9.17) is 0 Å². The second-order valence-corrected chi connectivity index (χ2v) is 8.59. The first-order chi connectivity index (χ1) is 11.7. The highest BCUT2D eigenvalue weighted by Crippen LogP contribution is 2.24. The number of nitrogens with zero attached hydrogens (tertiary/aromatic N) is 4. The van der Waals surface area contributed by atoms with Crippen LogP contribution in [0.15, 0.2) is 47.5 Å². The van der Waals surface area contributed by atoms with Gasteiger partial charge in [-0.3, -0.25) is 4.98 Å². The highest BCUT2D eigenvalue weighted by molar-refractivity contribution is 7.89. The average Bonchev–Trinajstić information content (AvgIpc) is 2.59. The van der Waals surface area contributed by atoms with E-state index in [0.717, 1.165) is 24.3 Å². The van der Waals surface area contributed by atoms with Crippen molar-refractivity contribution in [2.24, 2.45) is 0 Å². The van der Waals surface area contributed by atoms with E-state index in [9.17, 15) is 8.42 Å². The smallest absolute Gasteiger partial charge is 0.242 e. The Morgan fingerprint density at radius 2 is 1.56 bits per heavy atom. The zero-order valence-corrected chi connectivity index (χ0v) is 16.3. The van der Waals surface area contributed by atoms with Gasteiger partial charge in [-0.25, -0.2) is 12.7 Å². The topological polar surface area (TPSA) is 56.8 Å². The van der Waals surface area contributed by atoms with Gasteiger partial charge in [-0.05, 0) is 38.4 Å². The zero-order chi connectivity index (χ0) is 18.6. The van der Waals surface area contributed by atoms with E-state index in [1.807, 2.05) is 24.3 Å². The van der Waals surface area contributed by atoms with E-state index in [-0.39, 0.29) is 4.90 Å². The summed E-state index contributed by atoms with van der Waals surface area (Å²) in [6.07, 6.45) is 1.53. The molecule has 0 aliphatic rings. The van der Waals surface area contributed by atoms with Gasteiger partial charge in [0, 0.05) is 51.7 Å². The number of likely N-dealkylation sites (N-methyl/N-ethyl adjacent to an activating group) is 2. The van der Waals surface area contributed by atoms with E-state index < -0.39 is 10.0 Å². The Bertz CT molecular complexity index is 802. The van der Waals surface area contributed by atoms with Crippen LogP contribution in [0.3, 0.4) is 0 Å². The van der Waals surface area contributed by atoms with Crippen molar-refractivity contribution in [3.05, 3.63) is 42.6 Å². The Morgan fingerprint density at radius 3 is 2.12 bits per heavy atom. The molecular formula is C18H26N4O2S. The first-order valence-corrected chi connectivity index (χ1v) is 9.50. The van der Waals surface area contributed by atoms with Crippen LogP contribution < -0.4 is 4.90 Å². The predicted molar refractivity (Wildman–Crippen MR) is 102 cm³/mol. The molecule has 0 amide bonds. The van der Waals surface area contributed by atoms with Crippen molar-refractivity contribution in [3.8, 4) is 11.3 Å². The number of benzene rings is 1. The van der Waals surface area contributed by atoms with Gasteiger partial charge in [-0.1, -0.05) is 12.1 Å². The number of rotatable bonds is 7. The summed E-state index contributed by atoms with van der Waals surface area (Å²) in [7, 11) is 5.74. The molecule has 0 saturated carbocycles. The fraction of sp³-hybridized carbons (Fsp3) is 0.389. The van der Waals surface area contributed by atoms with Crippen LogP contribution in [0.2, 0.25) is 0 Å². The summed E-state index contributed by atoms with van der Waals surface area (Å²) in [6.45, 7) is 1.91. The van der Waals surface area contributed by atoms with Crippen molar-refractivity contribution in [1.29, 1.82) is 0 Å². The Balaban J connectivity index is 2.23. The van der Waals surface area contributed by atoms with Crippen LogP contribution in [0.5, 0.6) is 0 Å². The molecule has 0 aliphatic heterocycles. The van der Waals surface area contributed by atoms with Crippen molar-refractivity contribution in [2.75, 3.05) is 53.2 Å². The molecule has 0 unspecified atom stereocenters. The maximum atomic E-state index is 12.3. The maximum absolute atomic E-state index is 12.3. The first kappa shape index (κ1) is 19.4. The molecule has 0 saturated heterocycles. The zero-order valence-electron chi connectivity index (χ0n) is 15.5. The van der Waals surface area contributed by atoms with E-state index in [2.05, 4.69) is 35.9 Å². The van der Waals surface area contributed by atoms with E-state index in [1.54, 1.807) is 6.07 Å². The van der Waals surface area contributed by atoms with Gasteiger partial charge in [-0.2, -0.15) is 0 Å². The summed E-state index contributed by atoms with van der Waals surface area (Å²) in [5.41, 5.74) is 2.65. The number of hydrogen-bond donors (Lipinski definition) is 0. The minimum Gasteiger partial charge on any atom is -0.373 e. The maximum Gasteiger partial charge on any atom is 0.242 e. The Labute approximate surface area is 150 Å². The monoisotopic (exact) mass is 362 g/mol. The van der Waals surface area contributed by atoms with Crippen LogP contribution in [0.25, 0.3) is 11.3 Å². The standard InChI is InChI=1S/C18H26N4O2S/c1-20(2)12-13-22(5)16-8-6-15(7-9-16)18-14-17(10-11-19-18)25(23,24)21(3)4/h6-11,14H,12-13H2,1-5H3. The molecule has 2 rings (SSSR count). The third-order valence-corrected chi connectivity index (χ3v) is 5.81. The van der Waals surface area contributed by atoms with Crippen LogP contribution in [-0.2, 0) is 10.0 Å². The second kappa shape index (κ2) is 7.95. The van der Waals surface area contributed by atoms with Gasteiger partial charge in [0.25, 0.3) is 0 Å². The third kappa shape index (κ3) is 4.78. The SMILES string of the molecule is CN(C)CCN(C)c1ccc(-c2cc(S(=O)(=O)N(C)C)ccn2)cc1. The molecule has 0 radical (unpaired) electrons. The van der Waals surface area contributed by atoms with E-state index in [1.165, 1.54) is 30.7 Å². The number of anilines is 1. The minimum atomic E-state index is -3.46. The summed E-state index contributed by atoms with van der Waals surface area (Å²) < 4.78 is 25.7. The molecule has 0 N–H and O–H groups in total. The van der Waals surface area contributed by atoms with Crippen molar-refractivity contribution >= 4 is 15.7 Å². The lowest BCUT2D eigenvalue weighted by Crippen LogP contribution is -2.28. The van der Waals surface area contributed by atoms with Gasteiger partial charge < -0.3 is 9.80 Å². The highest BCUT2D eigenvalue weighted by atomic mass is 32.2. The summed E-state index contributed by atoms with van der Waals surface area (Å²) in [4.78, 5) is 8.89. The molecule has 25 heavy (non-hydrogen) atoms. The first-order valence-electron chi connectivity index (χ1n) is 8.06.